The minimum atomic E-state index is -0.766. The van der Waals surface area contributed by atoms with E-state index in [-0.39, 0.29) is 31.1 Å². The lowest BCUT2D eigenvalue weighted by molar-refractivity contribution is -0.167. The molecule has 0 amide bonds. The van der Waals surface area contributed by atoms with Crippen molar-refractivity contribution < 1.29 is 28.6 Å². The summed E-state index contributed by atoms with van der Waals surface area (Å²) in [6, 6.07) is 0. The van der Waals surface area contributed by atoms with Gasteiger partial charge in [0.25, 0.3) is 0 Å². The first kappa shape index (κ1) is 81.2. The van der Waals surface area contributed by atoms with E-state index in [1.54, 1.807) is 0 Å². The van der Waals surface area contributed by atoms with Gasteiger partial charge >= 0.3 is 17.9 Å². The topological polar surface area (TPSA) is 78.9 Å². The number of carbonyl (C=O) groups excluding carboxylic acids is 3. The summed E-state index contributed by atoms with van der Waals surface area (Å²) in [4.78, 5) is 38.3. The van der Waals surface area contributed by atoms with Gasteiger partial charge in [-0.15, -0.1) is 0 Å². The van der Waals surface area contributed by atoms with Crippen molar-refractivity contribution in [2.45, 2.75) is 451 Å². The summed E-state index contributed by atoms with van der Waals surface area (Å²) in [5.74, 6) is -0.833. The molecule has 0 radical (unpaired) electrons. The van der Waals surface area contributed by atoms with Gasteiger partial charge in [0.05, 0.1) is 0 Å². The number of hydrogen-bond donors (Lipinski definition) is 0. The van der Waals surface area contributed by atoms with Crippen molar-refractivity contribution in [3.05, 3.63) is 12.2 Å². The Morgan fingerprint density at radius 3 is 0.602 bits per heavy atom. The van der Waals surface area contributed by atoms with Crippen LogP contribution in [0.25, 0.3) is 0 Å². The van der Waals surface area contributed by atoms with Crippen LogP contribution >= 0.6 is 0 Å². The van der Waals surface area contributed by atoms with E-state index in [0.717, 1.165) is 57.8 Å². The van der Waals surface area contributed by atoms with E-state index >= 15 is 0 Å². The minimum absolute atomic E-state index is 0.0635. The van der Waals surface area contributed by atoms with Crippen LogP contribution in [0.5, 0.6) is 0 Å². The Morgan fingerprint density at radius 2 is 0.398 bits per heavy atom. The Balaban J connectivity index is 4.00. The van der Waals surface area contributed by atoms with Crippen LogP contribution in [-0.2, 0) is 28.6 Å². The smallest absolute Gasteiger partial charge is 0.306 e. The molecule has 0 aromatic rings. The van der Waals surface area contributed by atoms with Gasteiger partial charge in [-0.25, -0.2) is 0 Å². The zero-order valence-electron chi connectivity index (χ0n) is 56.8. The van der Waals surface area contributed by atoms with Crippen molar-refractivity contribution >= 4 is 17.9 Å². The molecule has 492 valence electrons. The second-order valence-corrected chi connectivity index (χ2v) is 26.3. The van der Waals surface area contributed by atoms with Crippen molar-refractivity contribution in [1.82, 2.24) is 0 Å². The summed E-state index contributed by atoms with van der Waals surface area (Å²) in [6.07, 6.45) is 88.7. The molecule has 1 atom stereocenters. The van der Waals surface area contributed by atoms with Crippen LogP contribution in [0.3, 0.4) is 0 Å². The molecule has 83 heavy (non-hydrogen) atoms. The molecule has 0 fully saturated rings. The number of allylic oxidation sites excluding steroid dienone is 2. The predicted molar refractivity (Wildman–Crippen MR) is 363 cm³/mol. The maximum Gasteiger partial charge on any atom is 0.306 e. The summed E-state index contributed by atoms with van der Waals surface area (Å²) >= 11 is 0. The highest BCUT2D eigenvalue weighted by Gasteiger charge is 2.20. The normalized spacial score (nSPS) is 12.0. The number of carbonyl (C=O) groups is 3. The highest BCUT2D eigenvalue weighted by Crippen LogP contribution is 2.20. The summed E-state index contributed by atoms with van der Waals surface area (Å²) in [7, 11) is 0. The molecular weight excluding hydrogens is 1020 g/mol. The summed E-state index contributed by atoms with van der Waals surface area (Å²) in [5, 5.41) is 0. The SMILES string of the molecule is CCCCCCCCCC/C=C\CCCCCCCCCCCCCC(=O)OC(COC(=O)CCCCCCCCCCC)COC(=O)CCCCCCCCCCCCCCCCCCCCCCCCCCCCCCCCCCC. The van der Waals surface area contributed by atoms with Gasteiger partial charge in [-0.2, -0.15) is 0 Å². The third-order valence-electron chi connectivity index (χ3n) is 17.8. The second kappa shape index (κ2) is 72.6. The van der Waals surface area contributed by atoms with E-state index < -0.39 is 6.10 Å². The Labute approximate surface area is 520 Å². The molecule has 1 unspecified atom stereocenters. The first-order chi connectivity index (χ1) is 41.0. The predicted octanol–water partition coefficient (Wildman–Crippen LogP) is 26.3. The minimum Gasteiger partial charge on any atom is -0.462 e. The molecule has 0 N–H and O–H groups in total. The van der Waals surface area contributed by atoms with Crippen molar-refractivity contribution in [3.8, 4) is 0 Å². The summed E-state index contributed by atoms with van der Waals surface area (Å²) in [6.45, 7) is 6.71. The van der Waals surface area contributed by atoms with Crippen molar-refractivity contribution in [1.29, 1.82) is 0 Å². The molecule has 6 nitrogen and oxygen atoms in total. The van der Waals surface area contributed by atoms with Crippen LogP contribution in [0, 0.1) is 0 Å². The Kier molecular flexibility index (Phi) is 71.0. The van der Waals surface area contributed by atoms with Gasteiger partial charge in [-0.3, -0.25) is 14.4 Å². The lowest BCUT2D eigenvalue weighted by Gasteiger charge is -2.18. The van der Waals surface area contributed by atoms with Crippen LogP contribution in [0.15, 0.2) is 12.2 Å². The highest BCUT2D eigenvalue weighted by atomic mass is 16.6. The number of ether oxygens (including phenoxy) is 3. The zero-order valence-corrected chi connectivity index (χ0v) is 56.8. The molecule has 6 heteroatoms. The largest absolute Gasteiger partial charge is 0.462 e. The molecule has 0 saturated heterocycles. The zero-order chi connectivity index (χ0) is 59.9. The van der Waals surface area contributed by atoms with Gasteiger partial charge in [0.15, 0.2) is 6.10 Å². The van der Waals surface area contributed by atoms with Crippen LogP contribution < -0.4 is 0 Å². The first-order valence-corrected chi connectivity index (χ1v) is 38.2. The maximum atomic E-state index is 12.9. The third kappa shape index (κ3) is 70.8. The molecule has 0 saturated carbocycles. The van der Waals surface area contributed by atoms with Crippen LogP contribution in [0.2, 0.25) is 0 Å². The van der Waals surface area contributed by atoms with Gasteiger partial charge < -0.3 is 14.2 Å². The molecule has 0 aliphatic rings. The van der Waals surface area contributed by atoms with Crippen LogP contribution in [0.4, 0.5) is 0 Å². The van der Waals surface area contributed by atoms with Gasteiger partial charge in [0.2, 0.25) is 0 Å². The molecule has 0 aromatic heterocycles. The molecule has 0 aliphatic carbocycles. The quantitative estimate of drug-likeness (QED) is 0.0261. The van der Waals surface area contributed by atoms with Gasteiger partial charge in [-0.1, -0.05) is 392 Å². The fourth-order valence-electron chi connectivity index (χ4n) is 12.0. The van der Waals surface area contributed by atoms with Crippen molar-refractivity contribution in [2.24, 2.45) is 0 Å². The van der Waals surface area contributed by atoms with E-state index in [1.807, 2.05) is 0 Å². The summed E-state index contributed by atoms with van der Waals surface area (Å²) < 4.78 is 17.0. The molecule has 0 spiro atoms. The number of unbranched alkanes of at least 4 members (excludes halogenated alkanes) is 59. The monoisotopic (exact) mass is 1170 g/mol. The fraction of sp³-hybridized carbons (Fsp3) is 0.935. The lowest BCUT2D eigenvalue weighted by atomic mass is 10.0. The van der Waals surface area contributed by atoms with Crippen molar-refractivity contribution in [2.75, 3.05) is 13.2 Å². The van der Waals surface area contributed by atoms with E-state index in [9.17, 15) is 14.4 Å². The number of esters is 3. The van der Waals surface area contributed by atoms with Crippen LogP contribution in [0.1, 0.15) is 445 Å². The second-order valence-electron chi connectivity index (χ2n) is 26.3. The Hall–Kier alpha value is -1.85. The van der Waals surface area contributed by atoms with Crippen LogP contribution in [-0.4, -0.2) is 37.2 Å². The average molecular weight is 1170 g/mol. The molecule has 0 bridgehead atoms. The van der Waals surface area contributed by atoms with Crippen molar-refractivity contribution in [3.63, 3.8) is 0 Å². The van der Waals surface area contributed by atoms with Gasteiger partial charge in [-0.05, 0) is 44.9 Å². The highest BCUT2D eigenvalue weighted by molar-refractivity contribution is 5.71. The van der Waals surface area contributed by atoms with Gasteiger partial charge in [0, 0.05) is 19.3 Å². The number of rotatable bonds is 72. The molecule has 0 aliphatic heterocycles. The Bertz CT molecular complexity index is 1300. The number of hydrogen-bond acceptors (Lipinski definition) is 6. The molecule has 0 aromatic carbocycles. The average Bonchev–Trinajstić information content (AvgIpc) is 3.49. The first-order valence-electron chi connectivity index (χ1n) is 38.2. The maximum absolute atomic E-state index is 12.9. The Morgan fingerprint density at radius 1 is 0.229 bits per heavy atom. The molecular formula is C77H148O6. The van der Waals surface area contributed by atoms with E-state index in [2.05, 4.69) is 32.9 Å². The standard InChI is InChI=1S/C77H148O6/c1-4-7-10-13-16-19-21-23-25-27-29-31-33-34-35-36-37-38-39-40-41-42-44-45-47-49-51-53-55-58-61-64-67-70-76(79)82-73-74(72-81-75(78)69-66-63-60-57-18-15-12-9-6-3)83-77(80)71-68-65-62-59-56-54-52-50-48-46-43-32-30-28-26-24-22-20-17-14-11-8-5-2/h28,30,74H,4-27,29,31-73H2,1-3H3/b30-28-. The summed E-state index contributed by atoms with van der Waals surface area (Å²) in [5.41, 5.74) is 0. The van der Waals surface area contributed by atoms with Gasteiger partial charge in [0.1, 0.15) is 13.2 Å². The van der Waals surface area contributed by atoms with E-state index in [1.165, 1.54) is 347 Å². The third-order valence-corrected chi connectivity index (χ3v) is 17.8. The molecule has 0 heterocycles. The molecule has 0 rings (SSSR count). The van der Waals surface area contributed by atoms with E-state index in [0.29, 0.717) is 19.3 Å². The fourth-order valence-corrected chi connectivity index (χ4v) is 12.0. The van der Waals surface area contributed by atoms with E-state index in [4.69, 9.17) is 14.2 Å². The lowest BCUT2D eigenvalue weighted by Crippen LogP contribution is -2.30.